The number of rotatable bonds is 7. The van der Waals surface area contributed by atoms with Crippen LogP contribution in [0.2, 0.25) is 0 Å². The number of nitrogens with zero attached hydrogens (tertiary/aromatic N) is 1. The molecule has 3 rings (SSSR count). The van der Waals surface area contributed by atoms with Crippen molar-refractivity contribution in [3.63, 3.8) is 0 Å². The monoisotopic (exact) mass is 379 g/mol. The van der Waals surface area contributed by atoms with Crippen LogP contribution in [-0.4, -0.2) is 30.1 Å². The van der Waals surface area contributed by atoms with Crippen LogP contribution in [0.25, 0.3) is 10.9 Å². The van der Waals surface area contributed by atoms with Crippen LogP contribution in [-0.2, 0) is 4.74 Å². The lowest BCUT2D eigenvalue weighted by Crippen LogP contribution is -2.21. The molecular weight excluding hydrogens is 360 g/mol. The lowest BCUT2D eigenvalue weighted by atomic mass is 10.1. The van der Waals surface area contributed by atoms with E-state index >= 15 is 0 Å². The molecule has 28 heavy (non-hydrogen) atoms. The molecule has 7 nitrogen and oxygen atoms in total. The number of benzene rings is 2. The third kappa shape index (κ3) is 4.03. The minimum atomic E-state index is -1.26. The van der Waals surface area contributed by atoms with Gasteiger partial charge in [0.25, 0.3) is 0 Å². The highest BCUT2D eigenvalue weighted by atomic mass is 16.5. The number of carbonyl (C=O) groups excluding carboxylic acids is 2. The molecule has 3 aromatic rings. The van der Waals surface area contributed by atoms with E-state index in [4.69, 9.17) is 9.47 Å². The molecule has 1 aromatic heterocycles. The van der Waals surface area contributed by atoms with Gasteiger partial charge in [-0.05, 0) is 49.7 Å². The number of aromatic nitrogens is 1. The minimum Gasteiger partial charge on any atom is -0.545 e. The molecule has 0 radical (unpaired) electrons. The number of hydrogen-bond acceptors (Lipinski definition) is 7. The number of carboxylic acids is 1. The summed E-state index contributed by atoms with van der Waals surface area (Å²) in [4.78, 5) is 27.7. The summed E-state index contributed by atoms with van der Waals surface area (Å²) in [5.74, 6) is -1.12. The zero-order valence-corrected chi connectivity index (χ0v) is 15.5. The van der Waals surface area contributed by atoms with Crippen LogP contribution >= 0.6 is 0 Å². The van der Waals surface area contributed by atoms with Gasteiger partial charge in [0.05, 0.1) is 30.4 Å². The van der Waals surface area contributed by atoms with Crippen molar-refractivity contribution >= 4 is 34.2 Å². The van der Waals surface area contributed by atoms with Crippen LogP contribution in [0.3, 0.4) is 0 Å². The van der Waals surface area contributed by atoms with Gasteiger partial charge in [0.2, 0.25) is 0 Å². The van der Waals surface area contributed by atoms with Gasteiger partial charge < -0.3 is 24.7 Å². The average Bonchev–Trinajstić information content (AvgIpc) is 2.69. The fraction of sp³-hybridized carbons (Fsp3) is 0.190. The molecule has 0 aliphatic rings. The summed E-state index contributed by atoms with van der Waals surface area (Å²) in [5.41, 5.74) is 2.11. The summed E-state index contributed by atoms with van der Waals surface area (Å²) >= 11 is 0. The number of aromatic carboxylic acids is 1. The van der Waals surface area contributed by atoms with Crippen molar-refractivity contribution in [1.82, 2.24) is 4.98 Å². The van der Waals surface area contributed by atoms with Crippen LogP contribution in [0.1, 0.15) is 34.6 Å². The number of ether oxygens (including phenoxy) is 2. The third-order valence-corrected chi connectivity index (χ3v) is 4.04. The minimum absolute atomic E-state index is 0.0642. The fourth-order valence-electron chi connectivity index (χ4n) is 2.76. The molecular formula is C21H19N2O5-. The van der Waals surface area contributed by atoms with E-state index in [0.29, 0.717) is 34.6 Å². The molecule has 0 aliphatic carbocycles. The fourth-order valence-corrected chi connectivity index (χ4v) is 2.76. The standard InChI is InChI=1S/C21H20N2O5/c1-3-27-15-9-10-18-16(11-15)19(17(12-22-18)21(26)28-4-2)23-14-7-5-13(6-8-14)20(24)25/h5-12H,3-4H2,1-2H3,(H,22,23)(H,24,25)/p-1. The van der Waals surface area contributed by atoms with Crippen molar-refractivity contribution < 1.29 is 24.2 Å². The van der Waals surface area contributed by atoms with Crippen LogP contribution in [0, 0.1) is 0 Å². The van der Waals surface area contributed by atoms with Gasteiger partial charge in [-0.2, -0.15) is 0 Å². The quantitative estimate of drug-likeness (QED) is 0.630. The van der Waals surface area contributed by atoms with Crippen LogP contribution in [0.15, 0.2) is 48.7 Å². The van der Waals surface area contributed by atoms with E-state index in [1.54, 1.807) is 37.3 Å². The number of fused-ring (bicyclic) bond motifs is 1. The number of carbonyl (C=O) groups is 2. The average molecular weight is 379 g/mol. The van der Waals surface area contributed by atoms with Gasteiger partial charge in [-0.1, -0.05) is 12.1 Å². The van der Waals surface area contributed by atoms with E-state index in [1.165, 1.54) is 18.3 Å². The molecule has 0 unspecified atom stereocenters. The highest BCUT2D eigenvalue weighted by Crippen LogP contribution is 2.32. The number of pyridine rings is 1. The lowest BCUT2D eigenvalue weighted by molar-refractivity contribution is -0.255. The van der Waals surface area contributed by atoms with Crippen molar-refractivity contribution in [2.45, 2.75) is 13.8 Å². The number of hydrogen-bond donors (Lipinski definition) is 1. The summed E-state index contributed by atoms with van der Waals surface area (Å²) in [6.45, 7) is 4.35. The molecule has 0 aliphatic heterocycles. The topological polar surface area (TPSA) is 101 Å². The first-order valence-corrected chi connectivity index (χ1v) is 8.84. The molecule has 0 amide bonds. The number of carboxylic acid groups (broad SMARTS) is 1. The van der Waals surface area contributed by atoms with E-state index in [9.17, 15) is 14.7 Å². The van der Waals surface area contributed by atoms with Gasteiger partial charge >= 0.3 is 5.97 Å². The van der Waals surface area contributed by atoms with E-state index in [1.807, 2.05) is 6.92 Å². The molecule has 1 N–H and O–H groups in total. The Hall–Kier alpha value is -3.61. The van der Waals surface area contributed by atoms with Gasteiger partial charge in [0.1, 0.15) is 11.3 Å². The summed E-state index contributed by atoms with van der Waals surface area (Å²) in [6.07, 6.45) is 1.46. The predicted octanol–water partition coefficient (Wildman–Crippen LogP) is 2.92. The second-order valence-electron chi connectivity index (χ2n) is 5.87. The van der Waals surface area contributed by atoms with Gasteiger partial charge in [-0.3, -0.25) is 4.98 Å². The maximum Gasteiger partial charge on any atom is 0.341 e. The first-order valence-electron chi connectivity index (χ1n) is 8.84. The number of esters is 1. The van der Waals surface area contributed by atoms with E-state index in [0.717, 1.165) is 0 Å². The first kappa shape index (κ1) is 19.2. The maximum atomic E-state index is 12.4. The molecule has 1 heterocycles. The molecule has 0 fully saturated rings. The third-order valence-electron chi connectivity index (χ3n) is 4.04. The zero-order chi connectivity index (χ0) is 20.1. The molecule has 144 valence electrons. The molecule has 0 saturated carbocycles. The molecule has 7 heteroatoms. The van der Waals surface area contributed by atoms with Crippen molar-refractivity contribution in [3.05, 3.63) is 59.8 Å². The number of nitrogens with one attached hydrogen (secondary N) is 1. The lowest BCUT2D eigenvalue weighted by Gasteiger charge is -2.15. The zero-order valence-electron chi connectivity index (χ0n) is 15.5. The van der Waals surface area contributed by atoms with Crippen molar-refractivity contribution in [2.24, 2.45) is 0 Å². The largest absolute Gasteiger partial charge is 0.545 e. The van der Waals surface area contributed by atoms with Gasteiger partial charge in [-0.15, -0.1) is 0 Å². The van der Waals surface area contributed by atoms with Crippen LogP contribution in [0.4, 0.5) is 11.4 Å². The van der Waals surface area contributed by atoms with E-state index < -0.39 is 11.9 Å². The Morgan fingerprint density at radius 1 is 1.07 bits per heavy atom. The predicted molar refractivity (Wildman–Crippen MR) is 103 cm³/mol. The Morgan fingerprint density at radius 3 is 2.46 bits per heavy atom. The Kier molecular flexibility index (Phi) is 5.74. The molecule has 0 spiro atoms. The highest BCUT2D eigenvalue weighted by molar-refractivity contribution is 6.06. The summed E-state index contributed by atoms with van der Waals surface area (Å²) in [6, 6.07) is 11.5. The van der Waals surface area contributed by atoms with E-state index in [-0.39, 0.29) is 17.7 Å². The second-order valence-corrected chi connectivity index (χ2v) is 5.87. The summed E-state index contributed by atoms with van der Waals surface area (Å²) in [5, 5.41) is 14.8. The molecule has 2 aromatic carbocycles. The highest BCUT2D eigenvalue weighted by Gasteiger charge is 2.17. The van der Waals surface area contributed by atoms with Gasteiger partial charge in [-0.25, -0.2) is 4.79 Å². The first-order chi connectivity index (χ1) is 13.5. The Bertz CT molecular complexity index is 1020. The normalized spacial score (nSPS) is 10.5. The van der Waals surface area contributed by atoms with E-state index in [2.05, 4.69) is 10.3 Å². The van der Waals surface area contributed by atoms with Crippen molar-refractivity contribution in [1.29, 1.82) is 0 Å². The Morgan fingerprint density at radius 2 is 1.82 bits per heavy atom. The SMILES string of the molecule is CCOC(=O)c1cnc2ccc(OCC)cc2c1Nc1ccc(C(=O)[O-])cc1. The Balaban J connectivity index is 2.11. The summed E-state index contributed by atoms with van der Waals surface area (Å²) < 4.78 is 10.7. The van der Waals surface area contributed by atoms with Gasteiger partial charge in [0.15, 0.2) is 0 Å². The van der Waals surface area contributed by atoms with Crippen molar-refractivity contribution in [3.8, 4) is 5.75 Å². The van der Waals surface area contributed by atoms with Crippen LogP contribution in [0.5, 0.6) is 5.75 Å². The Labute approximate surface area is 161 Å². The van der Waals surface area contributed by atoms with Crippen molar-refractivity contribution in [2.75, 3.05) is 18.5 Å². The second kappa shape index (κ2) is 8.39. The number of anilines is 2. The van der Waals surface area contributed by atoms with Crippen LogP contribution < -0.4 is 15.2 Å². The molecule has 0 bridgehead atoms. The molecule has 0 atom stereocenters. The maximum absolute atomic E-state index is 12.4. The van der Waals surface area contributed by atoms with Gasteiger partial charge in [0, 0.05) is 17.3 Å². The molecule has 0 saturated heterocycles. The summed E-state index contributed by atoms with van der Waals surface area (Å²) in [7, 11) is 0. The smallest absolute Gasteiger partial charge is 0.341 e.